The molecule has 0 aliphatic heterocycles. The molecule has 0 aromatic rings. The molecule has 48 heavy (non-hydrogen) atoms. The second kappa shape index (κ2) is 16.1. The maximum atomic E-state index is 13.9. The molecule has 0 saturated heterocycles. The van der Waals surface area contributed by atoms with Gasteiger partial charge in [0.1, 0.15) is 0 Å². The zero-order chi connectivity index (χ0) is 37.8. The van der Waals surface area contributed by atoms with Gasteiger partial charge in [0.25, 0.3) is 0 Å². The molecular formula is C36H68F6O3Si3. The summed E-state index contributed by atoms with van der Waals surface area (Å²) in [5.74, 6) is 0. The van der Waals surface area contributed by atoms with Gasteiger partial charge < -0.3 is 13.3 Å². The SMILES string of the molecule is CC(C)(CCCC=CC=C1C[C@@H](O[Si](C)(C)C(C)(C)C)C[C@H](O[Si](C)(C)C(C)(C)C)C1)CCCC(O[Si](C)(C)C)(C(F)(F)F)C(F)(F)F. The fourth-order valence-electron chi connectivity index (χ4n) is 5.70. The molecule has 12 heteroatoms. The first kappa shape index (κ1) is 45.6. The summed E-state index contributed by atoms with van der Waals surface area (Å²) in [6.45, 7) is 30.6. The van der Waals surface area contributed by atoms with E-state index in [4.69, 9.17) is 13.3 Å². The molecule has 0 N–H and O–H groups in total. The van der Waals surface area contributed by atoms with Gasteiger partial charge in [0.05, 0.1) is 12.2 Å². The van der Waals surface area contributed by atoms with Gasteiger partial charge in [-0.1, -0.05) is 79.2 Å². The Hall–Kier alpha value is -0.409. The van der Waals surface area contributed by atoms with Gasteiger partial charge in [0, 0.05) is 0 Å². The van der Waals surface area contributed by atoms with E-state index < -0.39 is 54.7 Å². The van der Waals surface area contributed by atoms with E-state index in [1.54, 1.807) is 0 Å². The average Bonchev–Trinajstić information content (AvgIpc) is 2.81. The van der Waals surface area contributed by atoms with Crippen LogP contribution in [-0.2, 0) is 13.3 Å². The summed E-state index contributed by atoms with van der Waals surface area (Å²) in [7, 11) is -7.10. The third-order valence-electron chi connectivity index (χ3n) is 10.5. The number of hydrogen-bond acceptors (Lipinski definition) is 3. The first-order valence-electron chi connectivity index (χ1n) is 17.7. The van der Waals surface area contributed by atoms with E-state index >= 15 is 0 Å². The van der Waals surface area contributed by atoms with Crippen molar-refractivity contribution in [1.82, 2.24) is 0 Å². The molecule has 0 bridgehead atoms. The lowest BCUT2D eigenvalue weighted by molar-refractivity contribution is -0.362. The van der Waals surface area contributed by atoms with E-state index in [0.29, 0.717) is 6.42 Å². The van der Waals surface area contributed by atoms with Crippen LogP contribution in [0.4, 0.5) is 26.3 Å². The third-order valence-corrected chi connectivity index (χ3v) is 20.5. The predicted molar refractivity (Wildman–Crippen MR) is 196 cm³/mol. The number of allylic oxidation sites excluding steroid dienone is 3. The van der Waals surface area contributed by atoms with Crippen molar-refractivity contribution in [3.05, 3.63) is 23.8 Å². The number of halogens is 6. The fraction of sp³-hybridized carbons (Fsp3) is 0.889. The van der Waals surface area contributed by atoms with Crippen molar-refractivity contribution in [1.29, 1.82) is 0 Å². The highest BCUT2D eigenvalue weighted by Crippen LogP contribution is 2.51. The summed E-state index contributed by atoms with van der Waals surface area (Å²) in [5, 5.41) is 0.221. The third kappa shape index (κ3) is 13.6. The second-order valence-corrected chi connectivity index (χ2v) is 32.8. The van der Waals surface area contributed by atoms with E-state index in [1.807, 2.05) is 13.8 Å². The lowest BCUT2D eigenvalue weighted by Crippen LogP contribution is -2.62. The minimum absolute atomic E-state index is 0.110. The van der Waals surface area contributed by atoms with Crippen molar-refractivity contribution in [3.63, 3.8) is 0 Å². The van der Waals surface area contributed by atoms with Crippen LogP contribution in [0.2, 0.25) is 55.9 Å². The number of hydrogen-bond donors (Lipinski definition) is 0. The molecule has 3 nitrogen and oxygen atoms in total. The summed E-state index contributed by atoms with van der Waals surface area (Å²) in [4.78, 5) is 0. The summed E-state index contributed by atoms with van der Waals surface area (Å²) < 4.78 is 102. The van der Waals surface area contributed by atoms with Crippen molar-refractivity contribution in [2.24, 2.45) is 5.41 Å². The summed E-state index contributed by atoms with van der Waals surface area (Å²) in [5.41, 5.74) is -3.22. The van der Waals surface area contributed by atoms with Gasteiger partial charge in [-0.25, -0.2) is 0 Å². The van der Waals surface area contributed by atoms with Gasteiger partial charge in [-0.15, -0.1) is 0 Å². The highest BCUT2D eigenvalue weighted by atomic mass is 28.4. The topological polar surface area (TPSA) is 27.7 Å². The molecule has 1 saturated carbocycles. The molecular weight excluding hydrogens is 679 g/mol. The summed E-state index contributed by atoms with van der Waals surface area (Å²) in [6, 6.07) is 0. The molecule has 0 spiro atoms. The lowest BCUT2D eigenvalue weighted by atomic mass is 9.80. The van der Waals surface area contributed by atoms with Crippen LogP contribution >= 0.6 is 0 Å². The van der Waals surface area contributed by atoms with Crippen LogP contribution in [0.5, 0.6) is 0 Å². The Labute approximate surface area is 292 Å². The Morgan fingerprint density at radius 2 is 1.06 bits per heavy atom. The lowest BCUT2D eigenvalue weighted by Gasteiger charge is -2.45. The normalized spacial score (nSPS) is 20.1. The zero-order valence-corrected chi connectivity index (χ0v) is 35.7. The van der Waals surface area contributed by atoms with Crippen LogP contribution in [0.3, 0.4) is 0 Å². The molecule has 0 aromatic carbocycles. The molecule has 2 atom stereocenters. The maximum Gasteiger partial charge on any atom is 0.425 e. The van der Waals surface area contributed by atoms with Gasteiger partial charge in [0.15, 0.2) is 25.0 Å². The van der Waals surface area contributed by atoms with Crippen molar-refractivity contribution < 1.29 is 39.6 Å². The van der Waals surface area contributed by atoms with E-state index in [9.17, 15) is 26.3 Å². The molecule has 1 aliphatic carbocycles. The van der Waals surface area contributed by atoms with Crippen LogP contribution in [-0.4, -0.2) is 55.1 Å². The van der Waals surface area contributed by atoms with Gasteiger partial charge in [-0.05, 0) is 119 Å². The van der Waals surface area contributed by atoms with Gasteiger partial charge in [0.2, 0.25) is 5.60 Å². The molecule has 284 valence electrons. The highest BCUT2D eigenvalue weighted by molar-refractivity contribution is 6.74. The van der Waals surface area contributed by atoms with E-state index in [-0.39, 0.29) is 35.1 Å². The standard InChI is InChI=1S/C36H68F6O3Si3/c1-31(2,3)47(12,13)43-29-25-28(26-30(27-29)44-48(14,15)32(4,5)6)21-18-16-17-19-22-33(7,8)23-20-24-34(35(37,38)39,36(40,41)42)45-46(9,10)11/h16,18,21,29-30H,17,19-20,22-27H2,1-15H3/t29-,30-/m1/s1. The minimum atomic E-state index is -5.54. The Kier molecular flexibility index (Phi) is 15.3. The van der Waals surface area contributed by atoms with Crippen LogP contribution < -0.4 is 0 Å². The number of rotatable bonds is 15. The Morgan fingerprint density at radius 1 is 0.646 bits per heavy atom. The van der Waals surface area contributed by atoms with E-state index in [2.05, 4.69) is 86.0 Å². The zero-order valence-electron chi connectivity index (χ0n) is 32.7. The number of unbranched alkanes of at least 4 members (excludes halogenated alkanes) is 1. The first-order valence-corrected chi connectivity index (χ1v) is 26.9. The molecule has 1 fully saturated rings. The molecule has 1 aliphatic rings. The fourth-order valence-corrected chi connectivity index (χ4v) is 9.82. The van der Waals surface area contributed by atoms with Crippen molar-refractivity contribution in [3.8, 4) is 0 Å². The van der Waals surface area contributed by atoms with Crippen LogP contribution in [0.15, 0.2) is 23.8 Å². The largest absolute Gasteiger partial charge is 0.425 e. The molecule has 0 unspecified atom stereocenters. The summed E-state index contributed by atoms with van der Waals surface area (Å²) >= 11 is 0. The number of alkyl halides is 6. The average molecular weight is 747 g/mol. The van der Waals surface area contributed by atoms with Crippen molar-refractivity contribution in [2.75, 3.05) is 0 Å². The molecule has 0 amide bonds. The van der Waals surface area contributed by atoms with Crippen molar-refractivity contribution >= 4 is 25.0 Å². The van der Waals surface area contributed by atoms with E-state index in [0.717, 1.165) is 32.1 Å². The van der Waals surface area contributed by atoms with Crippen LogP contribution in [0, 0.1) is 5.41 Å². The molecule has 0 aromatic heterocycles. The Balaban J connectivity index is 2.91. The Bertz CT molecular complexity index is 1020. The quantitative estimate of drug-likeness (QED) is 0.0949. The predicted octanol–water partition coefficient (Wildman–Crippen LogP) is 13.5. The summed E-state index contributed by atoms with van der Waals surface area (Å²) in [6.07, 6.45) is -0.705. The molecule has 0 radical (unpaired) electrons. The van der Waals surface area contributed by atoms with E-state index in [1.165, 1.54) is 25.2 Å². The van der Waals surface area contributed by atoms with Gasteiger partial charge in [-0.2, -0.15) is 26.3 Å². The van der Waals surface area contributed by atoms with Gasteiger partial charge in [-0.3, -0.25) is 0 Å². The van der Waals surface area contributed by atoms with Crippen LogP contribution in [0.1, 0.15) is 113 Å². The smallest absolute Gasteiger partial charge is 0.414 e. The second-order valence-electron chi connectivity index (χ2n) is 18.8. The molecule has 1 rings (SSSR count). The van der Waals surface area contributed by atoms with Crippen LogP contribution in [0.25, 0.3) is 0 Å². The molecule has 0 heterocycles. The highest BCUT2D eigenvalue weighted by Gasteiger charge is 2.72. The van der Waals surface area contributed by atoms with Gasteiger partial charge >= 0.3 is 12.4 Å². The maximum absolute atomic E-state index is 13.9. The minimum Gasteiger partial charge on any atom is -0.414 e. The van der Waals surface area contributed by atoms with Crippen molar-refractivity contribution in [2.45, 2.75) is 199 Å². The first-order chi connectivity index (χ1) is 21.1. The Morgan fingerprint density at radius 3 is 1.44 bits per heavy atom. The monoisotopic (exact) mass is 746 g/mol.